The SMILES string of the molecule is Cc1c(-c2ccccc2)oc2c(C(=O)O[C@H]3CCCC[C@H]3N3CCCCC3)cccc2c1=O. The van der Waals surface area contributed by atoms with Gasteiger partial charge < -0.3 is 9.15 Å². The fourth-order valence-electron chi connectivity index (χ4n) is 5.42. The number of nitrogens with zero attached hydrogens (tertiary/aromatic N) is 1. The van der Waals surface area contributed by atoms with Crippen LogP contribution < -0.4 is 5.43 Å². The summed E-state index contributed by atoms with van der Waals surface area (Å²) in [5.74, 6) is 0.0951. The van der Waals surface area contributed by atoms with Crippen LogP contribution in [-0.2, 0) is 4.74 Å². The van der Waals surface area contributed by atoms with Gasteiger partial charge in [-0.15, -0.1) is 0 Å². The summed E-state index contributed by atoms with van der Waals surface area (Å²) in [6.45, 7) is 3.94. The Hall–Kier alpha value is -2.92. The van der Waals surface area contributed by atoms with E-state index in [1.165, 1.54) is 25.7 Å². The number of hydrogen-bond acceptors (Lipinski definition) is 5. The lowest BCUT2D eigenvalue weighted by Gasteiger charge is -2.41. The molecule has 172 valence electrons. The molecule has 0 spiro atoms. The van der Waals surface area contributed by atoms with Gasteiger partial charge in [0.2, 0.25) is 0 Å². The molecule has 0 amide bonds. The zero-order chi connectivity index (χ0) is 22.8. The van der Waals surface area contributed by atoms with Crippen molar-refractivity contribution in [1.82, 2.24) is 4.90 Å². The molecule has 2 heterocycles. The summed E-state index contributed by atoms with van der Waals surface area (Å²) in [4.78, 5) is 29.0. The number of fused-ring (bicyclic) bond motifs is 1. The van der Waals surface area contributed by atoms with Crippen LogP contribution in [0.15, 0.2) is 57.7 Å². The van der Waals surface area contributed by atoms with Crippen LogP contribution in [0.5, 0.6) is 0 Å². The Kier molecular flexibility index (Phi) is 6.32. The van der Waals surface area contributed by atoms with Crippen molar-refractivity contribution in [2.24, 2.45) is 0 Å². The van der Waals surface area contributed by atoms with Crippen LogP contribution in [0.1, 0.15) is 60.9 Å². The molecule has 5 rings (SSSR count). The zero-order valence-corrected chi connectivity index (χ0v) is 19.2. The first kappa shape index (κ1) is 21.9. The predicted molar refractivity (Wildman–Crippen MR) is 130 cm³/mol. The third-order valence-electron chi connectivity index (χ3n) is 7.19. The maximum Gasteiger partial charge on any atom is 0.342 e. The van der Waals surface area contributed by atoms with Crippen LogP contribution in [0, 0.1) is 6.92 Å². The Balaban J connectivity index is 1.49. The van der Waals surface area contributed by atoms with Gasteiger partial charge in [0.15, 0.2) is 11.0 Å². The molecule has 0 radical (unpaired) electrons. The van der Waals surface area contributed by atoms with E-state index >= 15 is 0 Å². The second-order valence-electron chi connectivity index (χ2n) is 9.33. The molecule has 1 aliphatic carbocycles. The number of carbonyl (C=O) groups excluding carboxylic acids is 1. The van der Waals surface area contributed by atoms with Crippen molar-refractivity contribution in [1.29, 1.82) is 0 Å². The standard InChI is InChI=1S/C28H31NO4/c1-19-25(30)21-13-10-14-22(27(21)33-26(19)20-11-4-2-5-12-20)28(31)32-24-16-7-6-15-23(24)29-17-8-3-9-18-29/h2,4-5,10-14,23-24H,3,6-9,15-18H2,1H3/t23-,24+/m1/s1. The highest BCUT2D eigenvalue weighted by molar-refractivity contribution is 6.02. The van der Waals surface area contributed by atoms with Crippen LogP contribution in [0.3, 0.4) is 0 Å². The maximum atomic E-state index is 13.4. The fraction of sp³-hybridized carbons (Fsp3) is 0.429. The van der Waals surface area contributed by atoms with Gasteiger partial charge in [-0.2, -0.15) is 0 Å². The molecular formula is C28H31NO4. The first-order chi connectivity index (χ1) is 16.1. The first-order valence-corrected chi connectivity index (χ1v) is 12.2. The van der Waals surface area contributed by atoms with E-state index in [0.29, 0.717) is 27.9 Å². The van der Waals surface area contributed by atoms with Gasteiger partial charge >= 0.3 is 5.97 Å². The Labute approximate surface area is 194 Å². The van der Waals surface area contributed by atoms with E-state index < -0.39 is 5.97 Å². The number of piperidine rings is 1. The fourth-order valence-corrected chi connectivity index (χ4v) is 5.42. The first-order valence-electron chi connectivity index (χ1n) is 12.2. The van der Waals surface area contributed by atoms with Crippen molar-refractivity contribution in [3.63, 3.8) is 0 Å². The number of hydrogen-bond donors (Lipinski definition) is 0. The van der Waals surface area contributed by atoms with Gasteiger partial charge in [0.1, 0.15) is 17.4 Å². The normalized spacial score (nSPS) is 21.7. The van der Waals surface area contributed by atoms with Crippen LogP contribution >= 0.6 is 0 Å². The molecule has 2 aliphatic rings. The number of benzene rings is 2. The third kappa shape index (κ3) is 4.34. The Morgan fingerprint density at radius 3 is 2.48 bits per heavy atom. The van der Waals surface area contributed by atoms with E-state index in [1.54, 1.807) is 25.1 Å². The summed E-state index contributed by atoms with van der Waals surface area (Å²) in [7, 11) is 0. The summed E-state index contributed by atoms with van der Waals surface area (Å²) >= 11 is 0. The van der Waals surface area contributed by atoms with E-state index in [2.05, 4.69) is 4.90 Å². The Morgan fingerprint density at radius 2 is 1.70 bits per heavy atom. The lowest BCUT2D eigenvalue weighted by molar-refractivity contribution is -0.0217. The quantitative estimate of drug-likeness (QED) is 0.481. The van der Waals surface area contributed by atoms with Gasteiger partial charge in [-0.1, -0.05) is 49.2 Å². The van der Waals surface area contributed by atoms with Crippen molar-refractivity contribution >= 4 is 16.9 Å². The average Bonchev–Trinajstić information content (AvgIpc) is 2.87. The average molecular weight is 446 g/mol. The highest BCUT2D eigenvalue weighted by Gasteiger charge is 2.34. The molecule has 1 saturated carbocycles. The van der Waals surface area contributed by atoms with E-state index in [-0.39, 0.29) is 17.6 Å². The lowest BCUT2D eigenvalue weighted by atomic mass is 9.90. The number of esters is 1. The molecule has 0 N–H and O–H groups in total. The van der Waals surface area contributed by atoms with E-state index in [1.807, 2.05) is 30.3 Å². The Bertz CT molecular complexity index is 1190. The minimum atomic E-state index is -0.402. The maximum absolute atomic E-state index is 13.4. The summed E-state index contributed by atoms with van der Waals surface area (Å²) in [6, 6.07) is 15.0. The largest absolute Gasteiger partial charge is 0.457 e. The smallest absolute Gasteiger partial charge is 0.342 e. The van der Waals surface area contributed by atoms with Crippen molar-refractivity contribution in [2.45, 2.75) is 64.0 Å². The third-order valence-corrected chi connectivity index (χ3v) is 7.19. The minimum absolute atomic E-state index is 0.117. The number of ether oxygens (including phenoxy) is 1. The van der Waals surface area contributed by atoms with Crippen LogP contribution in [0.25, 0.3) is 22.3 Å². The molecule has 1 aliphatic heterocycles. The zero-order valence-electron chi connectivity index (χ0n) is 19.2. The topological polar surface area (TPSA) is 59.8 Å². The highest BCUT2D eigenvalue weighted by atomic mass is 16.5. The molecule has 5 heteroatoms. The van der Waals surface area contributed by atoms with Crippen LogP contribution in [0.4, 0.5) is 0 Å². The molecular weight excluding hydrogens is 414 g/mol. The van der Waals surface area contributed by atoms with Gasteiger partial charge in [0.25, 0.3) is 0 Å². The number of carbonyl (C=O) groups is 1. The van der Waals surface area contributed by atoms with Gasteiger partial charge in [-0.05, 0) is 64.3 Å². The van der Waals surface area contributed by atoms with Crippen LogP contribution in [0.2, 0.25) is 0 Å². The molecule has 2 fully saturated rings. The van der Waals surface area contributed by atoms with Gasteiger partial charge in [0, 0.05) is 17.2 Å². The second kappa shape index (κ2) is 9.52. The monoisotopic (exact) mass is 445 g/mol. The van der Waals surface area contributed by atoms with Gasteiger partial charge in [-0.25, -0.2) is 4.79 Å². The van der Waals surface area contributed by atoms with Crippen molar-refractivity contribution in [3.05, 3.63) is 69.9 Å². The molecule has 0 unspecified atom stereocenters. The summed E-state index contributed by atoms with van der Waals surface area (Å²) in [5, 5.41) is 0.415. The predicted octanol–water partition coefficient (Wildman–Crippen LogP) is 5.72. The molecule has 33 heavy (non-hydrogen) atoms. The molecule has 1 saturated heterocycles. The lowest BCUT2D eigenvalue weighted by Crippen LogP contribution is -2.49. The highest BCUT2D eigenvalue weighted by Crippen LogP contribution is 2.31. The molecule has 0 bridgehead atoms. The second-order valence-corrected chi connectivity index (χ2v) is 9.33. The van der Waals surface area contributed by atoms with E-state index in [0.717, 1.165) is 37.9 Å². The molecule has 2 aromatic carbocycles. The van der Waals surface area contributed by atoms with E-state index in [4.69, 9.17) is 9.15 Å². The van der Waals surface area contributed by atoms with Crippen LogP contribution in [-0.4, -0.2) is 36.1 Å². The van der Waals surface area contributed by atoms with E-state index in [9.17, 15) is 9.59 Å². The number of para-hydroxylation sites is 1. The number of rotatable bonds is 4. The minimum Gasteiger partial charge on any atom is -0.457 e. The van der Waals surface area contributed by atoms with Crippen molar-refractivity contribution in [2.75, 3.05) is 13.1 Å². The van der Waals surface area contributed by atoms with Crippen molar-refractivity contribution < 1.29 is 13.9 Å². The summed E-state index contributed by atoms with van der Waals surface area (Å²) in [6.07, 6.45) is 7.80. The van der Waals surface area contributed by atoms with Crippen molar-refractivity contribution in [3.8, 4) is 11.3 Å². The molecule has 2 atom stereocenters. The molecule has 3 aromatic rings. The number of likely N-dealkylation sites (tertiary alicyclic amines) is 1. The van der Waals surface area contributed by atoms with Gasteiger partial charge in [0.05, 0.1) is 5.39 Å². The Morgan fingerprint density at radius 1 is 0.939 bits per heavy atom. The van der Waals surface area contributed by atoms with Gasteiger partial charge in [-0.3, -0.25) is 9.69 Å². The summed E-state index contributed by atoms with van der Waals surface area (Å²) in [5.41, 5.74) is 1.87. The molecule has 5 nitrogen and oxygen atoms in total. The molecule has 1 aromatic heterocycles. The summed E-state index contributed by atoms with van der Waals surface area (Å²) < 4.78 is 12.4.